The van der Waals surface area contributed by atoms with Gasteiger partial charge in [0.15, 0.2) is 0 Å². The van der Waals surface area contributed by atoms with Crippen molar-refractivity contribution in [2.45, 2.75) is 6.92 Å². The average molecular weight is 275 g/mol. The first kappa shape index (κ1) is 12.0. The molecule has 0 saturated heterocycles. The fourth-order valence-corrected chi connectivity index (χ4v) is 1.50. The van der Waals surface area contributed by atoms with Gasteiger partial charge in [-0.2, -0.15) is 0 Å². The van der Waals surface area contributed by atoms with Crippen LogP contribution in [0.5, 0.6) is 0 Å². The number of halogens is 2. The first-order valence-electron chi connectivity index (χ1n) is 4.49. The molecule has 1 aromatic rings. The van der Waals surface area contributed by atoms with Crippen molar-refractivity contribution in [1.29, 1.82) is 0 Å². The van der Waals surface area contributed by atoms with E-state index < -0.39 is 5.91 Å². The third-order valence-corrected chi connectivity index (χ3v) is 2.69. The molecule has 0 radical (unpaired) electrons. The number of hydrogen-bond acceptors (Lipinski definition) is 2. The van der Waals surface area contributed by atoms with Crippen molar-refractivity contribution in [1.82, 2.24) is 0 Å². The van der Waals surface area contributed by atoms with E-state index in [-0.39, 0.29) is 11.7 Å². The second kappa shape index (κ2) is 5.11. The first-order valence-corrected chi connectivity index (χ1v) is 5.29. The maximum absolute atomic E-state index is 13.3. The summed E-state index contributed by atoms with van der Waals surface area (Å²) >= 11 is 3.22. The molecule has 1 rings (SSSR count). The molecule has 1 unspecified atom stereocenters. The molecule has 0 fully saturated rings. The van der Waals surface area contributed by atoms with E-state index in [1.54, 1.807) is 19.1 Å². The van der Waals surface area contributed by atoms with Crippen LogP contribution in [-0.4, -0.2) is 12.5 Å². The molecule has 5 heteroatoms. The molecule has 1 aromatic carbocycles. The summed E-state index contributed by atoms with van der Waals surface area (Å²) in [5, 5.41) is 2.84. The lowest BCUT2D eigenvalue weighted by Gasteiger charge is -2.12. The van der Waals surface area contributed by atoms with Crippen LogP contribution in [0.15, 0.2) is 22.7 Å². The lowest BCUT2D eigenvalue weighted by Crippen LogP contribution is -2.27. The molecule has 0 bridgehead atoms. The lowest BCUT2D eigenvalue weighted by molar-refractivity contribution is -0.120. The fraction of sp³-hybridized carbons (Fsp3) is 0.300. The zero-order valence-electron chi connectivity index (χ0n) is 8.26. The third-order valence-electron chi connectivity index (χ3n) is 2.03. The number of benzene rings is 1. The molecular formula is C10H12BrFN2O. The second-order valence-electron chi connectivity index (χ2n) is 3.28. The van der Waals surface area contributed by atoms with Gasteiger partial charge in [-0.15, -0.1) is 0 Å². The Bertz CT molecular complexity index is 350. The van der Waals surface area contributed by atoms with Gasteiger partial charge in [-0.05, 0) is 28.1 Å². The Morgan fingerprint density at radius 2 is 2.33 bits per heavy atom. The number of nitrogens with one attached hydrogen (secondary N) is 1. The smallest absolute Gasteiger partial charge is 0.222 e. The maximum Gasteiger partial charge on any atom is 0.222 e. The Labute approximate surface area is 96.0 Å². The predicted molar refractivity (Wildman–Crippen MR) is 60.9 cm³/mol. The molecule has 1 atom stereocenters. The Kier molecular flexibility index (Phi) is 4.08. The van der Waals surface area contributed by atoms with Gasteiger partial charge in [-0.3, -0.25) is 4.79 Å². The summed E-state index contributed by atoms with van der Waals surface area (Å²) < 4.78 is 13.9. The Balaban J connectivity index is 2.69. The molecule has 0 aromatic heterocycles. The molecule has 0 aliphatic carbocycles. The van der Waals surface area contributed by atoms with Gasteiger partial charge in [0.2, 0.25) is 5.91 Å². The Morgan fingerprint density at radius 1 is 1.67 bits per heavy atom. The number of rotatable bonds is 4. The molecule has 1 amide bonds. The summed E-state index contributed by atoms with van der Waals surface area (Å²) in [5.41, 5.74) is 5.44. The van der Waals surface area contributed by atoms with Gasteiger partial charge in [0, 0.05) is 11.0 Å². The van der Waals surface area contributed by atoms with E-state index >= 15 is 0 Å². The van der Waals surface area contributed by atoms with E-state index in [9.17, 15) is 9.18 Å². The zero-order valence-corrected chi connectivity index (χ0v) is 9.84. The molecule has 0 saturated carbocycles. The van der Waals surface area contributed by atoms with Crippen LogP contribution < -0.4 is 11.1 Å². The van der Waals surface area contributed by atoms with Crippen LogP contribution in [0.3, 0.4) is 0 Å². The molecule has 15 heavy (non-hydrogen) atoms. The monoisotopic (exact) mass is 274 g/mol. The Hall–Kier alpha value is -1.10. The summed E-state index contributed by atoms with van der Waals surface area (Å²) in [6.07, 6.45) is 0. The number of carbonyl (C=O) groups excluding carboxylic acids is 1. The van der Waals surface area contributed by atoms with E-state index in [1.807, 2.05) is 0 Å². The number of carbonyl (C=O) groups is 1. The highest BCUT2D eigenvalue weighted by molar-refractivity contribution is 9.10. The number of hydrogen-bond donors (Lipinski definition) is 2. The normalized spacial score (nSPS) is 12.2. The third kappa shape index (κ3) is 3.20. The molecule has 0 spiro atoms. The van der Waals surface area contributed by atoms with Crippen LogP contribution in [0.2, 0.25) is 0 Å². The quantitative estimate of drug-likeness (QED) is 0.884. The average Bonchev–Trinajstić information content (AvgIpc) is 2.16. The van der Waals surface area contributed by atoms with Crippen LogP contribution in [-0.2, 0) is 4.79 Å². The van der Waals surface area contributed by atoms with Gasteiger partial charge in [0.1, 0.15) is 5.82 Å². The van der Waals surface area contributed by atoms with Gasteiger partial charge >= 0.3 is 0 Å². The van der Waals surface area contributed by atoms with E-state index in [1.165, 1.54) is 6.07 Å². The highest BCUT2D eigenvalue weighted by Crippen LogP contribution is 2.25. The summed E-state index contributed by atoms with van der Waals surface area (Å²) in [6, 6.07) is 4.67. The van der Waals surface area contributed by atoms with E-state index in [2.05, 4.69) is 21.2 Å². The molecule has 0 aliphatic rings. The van der Waals surface area contributed by atoms with Crippen LogP contribution in [0.1, 0.15) is 6.92 Å². The number of amides is 1. The minimum atomic E-state index is -0.407. The molecule has 3 N–H and O–H groups in total. The standard InChI is InChI=1S/C10H12BrFN2O/c1-6(10(13)15)5-14-9-7(11)3-2-4-8(9)12/h2-4,6,14H,5H2,1H3,(H2,13,15). The van der Waals surface area contributed by atoms with Gasteiger partial charge in [0.25, 0.3) is 0 Å². The van der Waals surface area contributed by atoms with Crippen molar-refractivity contribution < 1.29 is 9.18 Å². The summed E-state index contributed by atoms with van der Waals surface area (Å²) in [4.78, 5) is 10.8. The fourth-order valence-electron chi connectivity index (χ4n) is 1.02. The van der Waals surface area contributed by atoms with Crippen LogP contribution >= 0.6 is 15.9 Å². The molecule has 82 valence electrons. The van der Waals surface area contributed by atoms with Gasteiger partial charge in [-0.1, -0.05) is 13.0 Å². The van der Waals surface area contributed by atoms with Crippen molar-refractivity contribution >= 4 is 27.5 Å². The van der Waals surface area contributed by atoms with E-state index in [4.69, 9.17) is 5.73 Å². The number of nitrogens with two attached hydrogens (primary N) is 1. The van der Waals surface area contributed by atoms with Crippen LogP contribution in [0.25, 0.3) is 0 Å². The highest BCUT2D eigenvalue weighted by atomic mass is 79.9. The summed E-state index contributed by atoms with van der Waals surface area (Å²) in [5.74, 6) is -1.10. The largest absolute Gasteiger partial charge is 0.381 e. The summed E-state index contributed by atoms with van der Waals surface area (Å²) in [6.45, 7) is 2.00. The first-order chi connectivity index (χ1) is 7.02. The van der Waals surface area contributed by atoms with Gasteiger partial charge in [-0.25, -0.2) is 4.39 Å². The topological polar surface area (TPSA) is 55.1 Å². The molecule has 0 aliphatic heterocycles. The van der Waals surface area contributed by atoms with Crippen molar-refractivity contribution in [3.63, 3.8) is 0 Å². The number of anilines is 1. The van der Waals surface area contributed by atoms with Crippen molar-refractivity contribution in [2.24, 2.45) is 11.7 Å². The van der Waals surface area contributed by atoms with E-state index in [0.717, 1.165) is 0 Å². The zero-order chi connectivity index (χ0) is 11.4. The highest BCUT2D eigenvalue weighted by Gasteiger charge is 2.11. The van der Waals surface area contributed by atoms with Crippen molar-refractivity contribution in [2.75, 3.05) is 11.9 Å². The van der Waals surface area contributed by atoms with Crippen LogP contribution in [0.4, 0.5) is 10.1 Å². The number of primary amides is 1. The van der Waals surface area contributed by atoms with Gasteiger partial charge in [0.05, 0.1) is 11.6 Å². The van der Waals surface area contributed by atoms with Crippen LogP contribution in [0, 0.1) is 11.7 Å². The SMILES string of the molecule is CC(CNc1c(F)cccc1Br)C(N)=O. The maximum atomic E-state index is 13.3. The number of para-hydroxylation sites is 1. The minimum Gasteiger partial charge on any atom is -0.381 e. The minimum absolute atomic E-state index is 0.314. The van der Waals surface area contributed by atoms with E-state index in [0.29, 0.717) is 16.7 Å². The summed E-state index contributed by atoms with van der Waals surface area (Å²) in [7, 11) is 0. The molecule has 3 nitrogen and oxygen atoms in total. The molecule has 0 heterocycles. The molecular weight excluding hydrogens is 263 g/mol. The van der Waals surface area contributed by atoms with Gasteiger partial charge < -0.3 is 11.1 Å². The predicted octanol–water partition coefficient (Wildman–Crippen LogP) is 2.12. The van der Waals surface area contributed by atoms with Crippen molar-refractivity contribution in [3.8, 4) is 0 Å². The van der Waals surface area contributed by atoms with Crippen molar-refractivity contribution in [3.05, 3.63) is 28.5 Å². The second-order valence-corrected chi connectivity index (χ2v) is 4.14. The lowest BCUT2D eigenvalue weighted by atomic mass is 10.1. The Morgan fingerprint density at radius 3 is 2.87 bits per heavy atom.